The van der Waals surface area contributed by atoms with E-state index in [9.17, 15) is 0 Å². The number of rotatable bonds is 6. The normalized spacial score (nSPS) is 13.1. The Morgan fingerprint density at radius 3 is 2.47 bits per heavy atom. The first-order valence-electron chi connectivity index (χ1n) is 6.55. The highest BCUT2D eigenvalue weighted by Gasteiger charge is 2.08. The van der Waals surface area contributed by atoms with Crippen LogP contribution in [0.4, 0.5) is 0 Å². The summed E-state index contributed by atoms with van der Waals surface area (Å²) in [5.74, 6) is 0.571. The van der Waals surface area contributed by atoms with Crippen molar-refractivity contribution in [2.24, 2.45) is 11.7 Å². The third-order valence-corrected chi connectivity index (χ3v) is 3.40. The summed E-state index contributed by atoms with van der Waals surface area (Å²) < 4.78 is 0. The second kappa shape index (κ2) is 6.77. The number of benzene rings is 1. The lowest BCUT2D eigenvalue weighted by Gasteiger charge is -2.24. The maximum absolute atomic E-state index is 5.69. The largest absolute Gasteiger partial charge is 0.330 e. The smallest absolute Gasteiger partial charge is 0.0233 e. The minimum atomic E-state index is 0.571. The summed E-state index contributed by atoms with van der Waals surface area (Å²) in [5, 5.41) is 0. The lowest BCUT2D eigenvalue weighted by molar-refractivity contribution is 0.243. The molecule has 0 radical (unpaired) electrons. The van der Waals surface area contributed by atoms with Crippen LogP contribution in [0.25, 0.3) is 0 Å². The molecule has 0 aromatic heterocycles. The molecule has 1 aromatic rings. The Kier molecular flexibility index (Phi) is 5.66. The molecular weight excluding hydrogens is 208 g/mol. The van der Waals surface area contributed by atoms with Gasteiger partial charge < -0.3 is 5.73 Å². The van der Waals surface area contributed by atoms with Crippen molar-refractivity contribution in [2.75, 3.05) is 19.6 Å². The van der Waals surface area contributed by atoms with E-state index in [1.807, 2.05) is 0 Å². The van der Waals surface area contributed by atoms with Crippen molar-refractivity contribution < 1.29 is 0 Å². The van der Waals surface area contributed by atoms with E-state index in [2.05, 4.69) is 50.8 Å². The summed E-state index contributed by atoms with van der Waals surface area (Å²) in [6.45, 7) is 12.7. The monoisotopic (exact) mass is 234 g/mol. The van der Waals surface area contributed by atoms with Crippen LogP contribution in [0.15, 0.2) is 18.2 Å². The fraction of sp³-hybridized carbons (Fsp3) is 0.600. The fourth-order valence-corrected chi connectivity index (χ4v) is 1.98. The van der Waals surface area contributed by atoms with Crippen molar-refractivity contribution >= 4 is 0 Å². The maximum Gasteiger partial charge on any atom is 0.0233 e. The van der Waals surface area contributed by atoms with E-state index in [1.54, 1.807) is 0 Å². The second-order valence-electron chi connectivity index (χ2n) is 5.09. The molecule has 1 rings (SSSR count). The van der Waals surface area contributed by atoms with Gasteiger partial charge in [-0.3, -0.25) is 4.90 Å². The summed E-state index contributed by atoms with van der Waals surface area (Å²) in [4.78, 5) is 2.46. The van der Waals surface area contributed by atoms with Crippen LogP contribution in [0.2, 0.25) is 0 Å². The van der Waals surface area contributed by atoms with Gasteiger partial charge in [-0.2, -0.15) is 0 Å². The summed E-state index contributed by atoms with van der Waals surface area (Å²) >= 11 is 0. The highest BCUT2D eigenvalue weighted by molar-refractivity contribution is 5.29. The molecule has 0 saturated carbocycles. The molecule has 0 aliphatic heterocycles. The Hall–Kier alpha value is -0.860. The number of aryl methyl sites for hydroxylation is 2. The van der Waals surface area contributed by atoms with E-state index in [4.69, 9.17) is 5.73 Å². The second-order valence-corrected chi connectivity index (χ2v) is 5.09. The van der Waals surface area contributed by atoms with Gasteiger partial charge in [-0.15, -0.1) is 0 Å². The van der Waals surface area contributed by atoms with Crippen molar-refractivity contribution in [2.45, 2.75) is 34.2 Å². The third-order valence-electron chi connectivity index (χ3n) is 3.40. The van der Waals surface area contributed by atoms with Gasteiger partial charge in [0.15, 0.2) is 0 Å². The van der Waals surface area contributed by atoms with E-state index in [1.165, 1.54) is 16.7 Å². The fourth-order valence-electron chi connectivity index (χ4n) is 1.98. The van der Waals surface area contributed by atoms with Gasteiger partial charge in [0.2, 0.25) is 0 Å². The molecule has 2 heteroatoms. The Bertz CT molecular complexity index is 347. The third kappa shape index (κ3) is 4.49. The van der Waals surface area contributed by atoms with Gasteiger partial charge in [-0.1, -0.05) is 32.0 Å². The number of hydrogen-bond acceptors (Lipinski definition) is 2. The van der Waals surface area contributed by atoms with Gasteiger partial charge >= 0.3 is 0 Å². The summed E-state index contributed by atoms with van der Waals surface area (Å²) in [7, 11) is 0. The van der Waals surface area contributed by atoms with Gasteiger partial charge in [0, 0.05) is 13.1 Å². The molecule has 0 fully saturated rings. The molecule has 1 aromatic carbocycles. The van der Waals surface area contributed by atoms with Gasteiger partial charge in [-0.25, -0.2) is 0 Å². The Labute approximate surface area is 106 Å². The van der Waals surface area contributed by atoms with Crippen molar-refractivity contribution in [1.82, 2.24) is 4.90 Å². The average molecular weight is 234 g/mol. The molecule has 0 heterocycles. The van der Waals surface area contributed by atoms with Crippen molar-refractivity contribution in [1.29, 1.82) is 0 Å². The van der Waals surface area contributed by atoms with Crippen molar-refractivity contribution in [3.8, 4) is 0 Å². The highest BCUT2D eigenvalue weighted by atomic mass is 15.1. The minimum absolute atomic E-state index is 0.571. The van der Waals surface area contributed by atoms with Crippen molar-refractivity contribution in [3.05, 3.63) is 34.9 Å². The van der Waals surface area contributed by atoms with E-state index in [-0.39, 0.29) is 0 Å². The first-order chi connectivity index (χ1) is 8.06. The summed E-state index contributed by atoms with van der Waals surface area (Å²) in [6, 6.07) is 6.74. The zero-order valence-electron chi connectivity index (χ0n) is 11.7. The van der Waals surface area contributed by atoms with Crippen molar-refractivity contribution in [3.63, 3.8) is 0 Å². The van der Waals surface area contributed by atoms with E-state index < -0.39 is 0 Å². The predicted molar refractivity (Wildman–Crippen MR) is 75.1 cm³/mol. The van der Waals surface area contributed by atoms with E-state index >= 15 is 0 Å². The number of hydrogen-bond donors (Lipinski definition) is 1. The lowest BCUT2D eigenvalue weighted by Crippen LogP contribution is -2.31. The minimum Gasteiger partial charge on any atom is -0.330 e. The average Bonchev–Trinajstić information content (AvgIpc) is 2.32. The maximum atomic E-state index is 5.69. The molecule has 0 bridgehead atoms. The highest BCUT2D eigenvalue weighted by Crippen LogP contribution is 2.12. The quantitative estimate of drug-likeness (QED) is 0.820. The van der Waals surface area contributed by atoms with Crippen LogP contribution < -0.4 is 5.73 Å². The van der Waals surface area contributed by atoms with Crippen LogP contribution in [0, 0.1) is 19.8 Å². The van der Waals surface area contributed by atoms with E-state index in [0.29, 0.717) is 5.92 Å². The molecule has 96 valence electrons. The SMILES string of the molecule is CCN(Cc1ccc(C)c(C)c1)CC(C)CN. The Balaban J connectivity index is 2.63. The van der Waals surface area contributed by atoms with Crippen LogP contribution in [-0.2, 0) is 6.54 Å². The lowest BCUT2D eigenvalue weighted by atomic mass is 10.1. The van der Waals surface area contributed by atoms with E-state index in [0.717, 1.165) is 26.2 Å². The predicted octanol–water partition coefficient (Wildman–Crippen LogP) is 2.72. The van der Waals surface area contributed by atoms with Gasteiger partial charge in [-0.05, 0) is 49.5 Å². The first-order valence-corrected chi connectivity index (χ1v) is 6.55. The molecule has 2 nitrogen and oxygen atoms in total. The number of nitrogens with zero attached hydrogens (tertiary/aromatic N) is 1. The van der Waals surface area contributed by atoms with Gasteiger partial charge in [0.1, 0.15) is 0 Å². The van der Waals surface area contributed by atoms with Gasteiger partial charge in [0.25, 0.3) is 0 Å². The molecule has 0 amide bonds. The van der Waals surface area contributed by atoms with Crippen LogP contribution in [0.5, 0.6) is 0 Å². The summed E-state index contributed by atoms with van der Waals surface area (Å²) in [6.07, 6.45) is 0. The molecule has 0 aliphatic rings. The Morgan fingerprint density at radius 2 is 1.94 bits per heavy atom. The molecule has 1 atom stereocenters. The van der Waals surface area contributed by atoms with Crippen LogP contribution in [-0.4, -0.2) is 24.5 Å². The topological polar surface area (TPSA) is 29.3 Å². The standard InChI is InChI=1S/C15H26N2/c1-5-17(10-12(2)9-16)11-15-7-6-13(3)14(4)8-15/h6-8,12H,5,9-11,16H2,1-4H3. The Morgan fingerprint density at radius 1 is 1.24 bits per heavy atom. The first kappa shape index (κ1) is 14.2. The number of nitrogens with two attached hydrogens (primary N) is 1. The molecule has 17 heavy (non-hydrogen) atoms. The van der Waals surface area contributed by atoms with Crippen LogP contribution >= 0.6 is 0 Å². The molecular formula is C15H26N2. The zero-order chi connectivity index (χ0) is 12.8. The molecule has 1 unspecified atom stereocenters. The van der Waals surface area contributed by atoms with Gasteiger partial charge in [0.05, 0.1) is 0 Å². The van der Waals surface area contributed by atoms with Crippen LogP contribution in [0.3, 0.4) is 0 Å². The summed E-state index contributed by atoms with van der Waals surface area (Å²) in [5.41, 5.74) is 9.84. The molecule has 0 spiro atoms. The van der Waals surface area contributed by atoms with Crippen LogP contribution in [0.1, 0.15) is 30.5 Å². The zero-order valence-corrected chi connectivity index (χ0v) is 11.7. The molecule has 0 aliphatic carbocycles. The molecule has 2 N–H and O–H groups in total. The molecule has 0 saturated heterocycles.